The molecule has 1 amide bonds. The van der Waals surface area contributed by atoms with Crippen LogP contribution in [0.5, 0.6) is 5.75 Å². The molecule has 1 saturated carbocycles. The molecule has 0 unspecified atom stereocenters. The Hall–Kier alpha value is -4.80. The molecule has 2 aromatic heterocycles. The highest BCUT2D eigenvalue weighted by Gasteiger charge is 2.31. The summed E-state index contributed by atoms with van der Waals surface area (Å²) in [7, 11) is 1.61. The Balaban J connectivity index is 1.36. The maximum Gasteiger partial charge on any atom is 0.407 e. The smallest absolute Gasteiger partial charge is 0.407 e. The van der Waals surface area contributed by atoms with E-state index in [0.717, 1.165) is 40.6 Å². The SMILES string of the molecule is COc1ccc(CNc2c(C#N)c(C#Cc3cc4nncc(C5CC5)c4cc3Cl)nn2[C@H]2CCN(C(=O)O)C2)cc1. The predicted octanol–water partition coefficient (Wildman–Crippen LogP) is 5.17. The van der Waals surface area contributed by atoms with Crippen molar-refractivity contribution in [1.82, 2.24) is 24.9 Å². The van der Waals surface area contributed by atoms with Gasteiger partial charge in [-0.2, -0.15) is 20.6 Å². The number of anilines is 1. The van der Waals surface area contributed by atoms with Crippen molar-refractivity contribution >= 4 is 34.4 Å². The molecule has 206 valence electrons. The van der Waals surface area contributed by atoms with E-state index in [9.17, 15) is 15.2 Å². The second-order valence-corrected chi connectivity index (χ2v) is 10.6. The van der Waals surface area contributed by atoms with E-state index < -0.39 is 6.09 Å². The van der Waals surface area contributed by atoms with Crippen molar-refractivity contribution in [3.8, 4) is 23.7 Å². The Morgan fingerprint density at radius 3 is 2.71 bits per heavy atom. The molecule has 1 saturated heterocycles. The fraction of sp³-hybridized carbons (Fsp3) is 0.300. The number of nitriles is 1. The van der Waals surface area contributed by atoms with Gasteiger partial charge in [-0.3, -0.25) is 0 Å². The lowest BCUT2D eigenvalue weighted by atomic mass is 10.0. The van der Waals surface area contributed by atoms with Gasteiger partial charge in [-0.05, 0) is 66.5 Å². The van der Waals surface area contributed by atoms with Crippen LogP contribution in [-0.2, 0) is 6.54 Å². The fourth-order valence-electron chi connectivity index (χ4n) is 5.15. The number of hydrogen-bond acceptors (Lipinski definition) is 7. The van der Waals surface area contributed by atoms with E-state index in [1.807, 2.05) is 42.6 Å². The molecule has 2 aromatic carbocycles. The van der Waals surface area contributed by atoms with E-state index in [4.69, 9.17) is 21.4 Å². The van der Waals surface area contributed by atoms with Crippen LogP contribution in [0.1, 0.15) is 59.2 Å². The van der Waals surface area contributed by atoms with Crippen LogP contribution in [0.2, 0.25) is 5.02 Å². The first-order valence-electron chi connectivity index (χ1n) is 13.3. The highest BCUT2D eigenvalue weighted by Crippen LogP contribution is 2.43. The Morgan fingerprint density at radius 1 is 1.22 bits per heavy atom. The molecule has 1 aliphatic carbocycles. The number of methoxy groups -OCH3 is 1. The number of fused-ring (bicyclic) bond motifs is 1. The average molecular weight is 568 g/mol. The lowest BCUT2D eigenvalue weighted by Crippen LogP contribution is -2.27. The minimum atomic E-state index is -0.980. The zero-order valence-electron chi connectivity index (χ0n) is 22.3. The first-order chi connectivity index (χ1) is 19.9. The van der Waals surface area contributed by atoms with Crippen LogP contribution >= 0.6 is 11.6 Å². The maximum absolute atomic E-state index is 11.6. The normalized spacial score (nSPS) is 16.2. The van der Waals surface area contributed by atoms with E-state index in [1.165, 1.54) is 4.90 Å². The first kappa shape index (κ1) is 26.4. The highest BCUT2D eigenvalue weighted by atomic mass is 35.5. The summed E-state index contributed by atoms with van der Waals surface area (Å²) in [4.78, 5) is 12.9. The molecule has 0 bridgehead atoms. The third-order valence-electron chi connectivity index (χ3n) is 7.51. The molecule has 3 heterocycles. The molecule has 41 heavy (non-hydrogen) atoms. The molecule has 2 N–H and O–H groups in total. The van der Waals surface area contributed by atoms with Crippen LogP contribution in [0, 0.1) is 23.2 Å². The van der Waals surface area contributed by atoms with Crippen molar-refractivity contribution < 1.29 is 14.6 Å². The summed E-state index contributed by atoms with van der Waals surface area (Å²) in [5.41, 5.74) is 3.98. The van der Waals surface area contributed by atoms with Gasteiger partial charge >= 0.3 is 6.09 Å². The van der Waals surface area contributed by atoms with Crippen molar-refractivity contribution in [2.24, 2.45) is 0 Å². The van der Waals surface area contributed by atoms with E-state index in [0.29, 0.717) is 41.8 Å². The molecule has 0 spiro atoms. The number of carboxylic acid groups (broad SMARTS) is 1. The van der Waals surface area contributed by atoms with Gasteiger partial charge in [-0.15, -0.1) is 0 Å². The molecule has 10 nitrogen and oxygen atoms in total. The fourth-order valence-corrected chi connectivity index (χ4v) is 5.36. The van der Waals surface area contributed by atoms with Gasteiger partial charge in [0.05, 0.1) is 29.9 Å². The van der Waals surface area contributed by atoms with Crippen LogP contribution in [0.3, 0.4) is 0 Å². The number of likely N-dealkylation sites (tertiary alicyclic amines) is 1. The van der Waals surface area contributed by atoms with Crippen molar-refractivity contribution in [3.63, 3.8) is 0 Å². The number of amides is 1. The molecule has 2 aliphatic rings. The Morgan fingerprint density at radius 2 is 2.02 bits per heavy atom. The maximum atomic E-state index is 11.6. The zero-order valence-corrected chi connectivity index (χ0v) is 23.0. The van der Waals surface area contributed by atoms with E-state index in [2.05, 4.69) is 33.4 Å². The van der Waals surface area contributed by atoms with Gasteiger partial charge in [0.15, 0.2) is 5.69 Å². The molecule has 0 radical (unpaired) electrons. The first-order valence-corrected chi connectivity index (χ1v) is 13.7. The molecule has 6 rings (SSSR count). The summed E-state index contributed by atoms with van der Waals surface area (Å²) in [6, 6.07) is 13.3. The monoisotopic (exact) mass is 567 g/mol. The number of rotatable bonds is 6. The van der Waals surface area contributed by atoms with Crippen LogP contribution in [-0.4, -0.2) is 56.3 Å². The topological polar surface area (TPSA) is 129 Å². The Labute approximate surface area is 241 Å². The predicted molar refractivity (Wildman–Crippen MR) is 153 cm³/mol. The lowest BCUT2D eigenvalue weighted by molar-refractivity contribution is 0.154. The van der Waals surface area contributed by atoms with Crippen LogP contribution in [0.15, 0.2) is 42.6 Å². The molecule has 1 aliphatic heterocycles. The molecule has 11 heteroatoms. The molecule has 1 atom stereocenters. The Kier molecular flexibility index (Phi) is 7.08. The minimum Gasteiger partial charge on any atom is -0.497 e. The summed E-state index contributed by atoms with van der Waals surface area (Å²) in [6.45, 7) is 1.08. The summed E-state index contributed by atoms with van der Waals surface area (Å²) >= 11 is 6.64. The number of nitrogens with one attached hydrogen (secondary N) is 1. The molecule has 4 aromatic rings. The van der Waals surface area contributed by atoms with E-state index in [1.54, 1.807) is 11.8 Å². The largest absolute Gasteiger partial charge is 0.497 e. The van der Waals surface area contributed by atoms with Gasteiger partial charge in [-0.1, -0.05) is 29.7 Å². The Bertz CT molecular complexity index is 1750. The quantitative estimate of drug-likeness (QED) is 0.305. The van der Waals surface area contributed by atoms with Gasteiger partial charge in [0.2, 0.25) is 0 Å². The number of ether oxygens (including phenoxy) is 1. The van der Waals surface area contributed by atoms with Crippen molar-refractivity contribution in [1.29, 1.82) is 5.26 Å². The standard InChI is InChI=1S/C30H26ClN7O3/c1-41-22-7-2-18(3-8-22)15-33-29-24(14-32)27(36-38(29)21-10-11-37(17-21)30(39)40)9-6-20-12-28-23(13-26(20)31)25(16-34-35-28)19-4-5-19/h2-3,7-8,12-13,16,19,21,33H,4-5,10-11,15,17H2,1H3,(H,39,40)/t21-/m0/s1. The third kappa shape index (κ3) is 5.34. The number of halogens is 1. The van der Waals surface area contributed by atoms with Gasteiger partial charge in [0.25, 0.3) is 0 Å². The van der Waals surface area contributed by atoms with Gasteiger partial charge < -0.3 is 20.1 Å². The highest BCUT2D eigenvalue weighted by molar-refractivity contribution is 6.32. The number of nitrogens with zero attached hydrogens (tertiary/aromatic N) is 6. The van der Waals surface area contributed by atoms with Crippen molar-refractivity contribution in [3.05, 3.63) is 75.6 Å². The minimum absolute atomic E-state index is 0.243. The van der Waals surface area contributed by atoms with E-state index >= 15 is 0 Å². The van der Waals surface area contributed by atoms with E-state index in [-0.39, 0.29) is 23.8 Å². The summed E-state index contributed by atoms with van der Waals surface area (Å²) in [5, 5.41) is 37.6. The van der Waals surface area contributed by atoms with Crippen LogP contribution in [0.25, 0.3) is 10.9 Å². The number of hydrogen-bond donors (Lipinski definition) is 2. The van der Waals surface area contributed by atoms with Crippen LogP contribution < -0.4 is 10.1 Å². The van der Waals surface area contributed by atoms with Gasteiger partial charge in [0.1, 0.15) is 23.2 Å². The van der Waals surface area contributed by atoms with Crippen LogP contribution in [0.4, 0.5) is 10.6 Å². The zero-order chi connectivity index (χ0) is 28.5. The third-order valence-corrected chi connectivity index (χ3v) is 7.83. The molecular weight excluding hydrogens is 542 g/mol. The second kappa shape index (κ2) is 11.0. The average Bonchev–Trinajstić information content (AvgIpc) is 3.59. The van der Waals surface area contributed by atoms with Gasteiger partial charge in [-0.25, -0.2) is 9.48 Å². The number of carbonyl (C=O) groups is 1. The molecule has 2 fully saturated rings. The second-order valence-electron chi connectivity index (χ2n) is 10.2. The summed E-state index contributed by atoms with van der Waals surface area (Å²) in [6.07, 6.45) is 3.68. The lowest BCUT2D eigenvalue weighted by Gasteiger charge is -2.16. The number of benzene rings is 2. The molecular formula is C30H26ClN7O3. The van der Waals surface area contributed by atoms with Crippen molar-refractivity contribution in [2.45, 2.75) is 37.8 Å². The van der Waals surface area contributed by atoms with Gasteiger partial charge in [0, 0.05) is 30.6 Å². The summed E-state index contributed by atoms with van der Waals surface area (Å²) < 4.78 is 6.94. The number of aromatic nitrogens is 4. The van der Waals surface area contributed by atoms with Crippen molar-refractivity contribution in [2.75, 3.05) is 25.5 Å². The summed E-state index contributed by atoms with van der Waals surface area (Å²) in [5.74, 6) is 7.87.